The summed E-state index contributed by atoms with van der Waals surface area (Å²) in [5.41, 5.74) is 2.36. The third-order valence-electron chi connectivity index (χ3n) is 4.41. The van der Waals surface area contributed by atoms with Gasteiger partial charge < -0.3 is 14.8 Å². The maximum absolute atomic E-state index is 12.7. The lowest BCUT2D eigenvalue weighted by Gasteiger charge is -2.23. The van der Waals surface area contributed by atoms with Crippen molar-refractivity contribution in [1.82, 2.24) is 5.32 Å². The van der Waals surface area contributed by atoms with Gasteiger partial charge in [0.15, 0.2) is 0 Å². The Balaban J connectivity index is 1.63. The van der Waals surface area contributed by atoms with Crippen molar-refractivity contribution in [2.24, 2.45) is 0 Å². The van der Waals surface area contributed by atoms with Gasteiger partial charge >= 0.3 is 0 Å². The van der Waals surface area contributed by atoms with Crippen LogP contribution < -0.4 is 10.0 Å². The molecule has 0 radical (unpaired) electrons. The topological polar surface area (TPSA) is 93.7 Å². The molecular weight excluding hydrogens is 380 g/mol. The smallest absolute Gasteiger partial charge is 0.262 e. The second kappa shape index (κ2) is 8.72. The van der Waals surface area contributed by atoms with E-state index in [1.54, 1.807) is 43.3 Å². The molecule has 0 unspecified atom stereocenters. The number of benzene rings is 2. The molecule has 1 fully saturated rings. The van der Waals surface area contributed by atoms with Crippen molar-refractivity contribution >= 4 is 21.6 Å². The van der Waals surface area contributed by atoms with Crippen LogP contribution in [0.3, 0.4) is 0 Å². The summed E-state index contributed by atoms with van der Waals surface area (Å²) >= 11 is 0. The summed E-state index contributed by atoms with van der Waals surface area (Å²) in [6, 6.07) is 11.6. The van der Waals surface area contributed by atoms with Crippen molar-refractivity contribution in [2.45, 2.75) is 24.8 Å². The van der Waals surface area contributed by atoms with Crippen LogP contribution in [0.2, 0.25) is 0 Å². The van der Waals surface area contributed by atoms with Crippen molar-refractivity contribution in [3.05, 3.63) is 59.2 Å². The Labute approximate surface area is 165 Å². The highest BCUT2D eigenvalue weighted by Gasteiger charge is 2.18. The summed E-state index contributed by atoms with van der Waals surface area (Å²) in [5.74, 6) is -0.252. The summed E-state index contributed by atoms with van der Waals surface area (Å²) in [7, 11) is -3.71. The molecular formula is C20H24N2O5S. The molecule has 7 nitrogen and oxygen atoms in total. The molecule has 0 aromatic heterocycles. The molecule has 8 heteroatoms. The quantitative estimate of drug-likeness (QED) is 0.770. The standard InChI is InChI=1S/C20H24N2O5S/c1-14-3-4-15(2)19(11-14)28(24,25)22-17-7-5-16(6-8-17)20(23)21-12-18-13-26-9-10-27-18/h3-8,11,18,22H,9-10,12-13H2,1-2H3,(H,21,23)/t18-/m1/s1. The second-order valence-electron chi connectivity index (χ2n) is 6.73. The summed E-state index contributed by atoms with van der Waals surface area (Å²) < 4.78 is 38.6. The maximum Gasteiger partial charge on any atom is 0.262 e. The van der Waals surface area contributed by atoms with Crippen LogP contribution in [0.4, 0.5) is 5.69 Å². The van der Waals surface area contributed by atoms with Gasteiger partial charge in [-0.3, -0.25) is 9.52 Å². The third kappa shape index (κ3) is 5.09. The van der Waals surface area contributed by atoms with E-state index in [1.165, 1.54) is 0 Å². The Morgan fingerprint density at radius 3 is 2.54 bits per heavy atom. The van der Waals surface area contributed by atoms with E-state index in [2.05, 4.69) is 10.0 Å². The van der Waals surface area contributed by atoms with Crippen LogP contribution >= 0.6 is 0 Å². The van der Waals surface area contributed by atoms with Crippen molar-refractivity contribution < 1.29 is 22.7 Å². The normalized spacial score (nSPS) is 17.1. The van der Waals surface area contributed by atoms with Crippen LogP contribution in [0.5, 0.6) is 0 Å². The van der Waals surface area contributed by atoms with E-state index in [-0.39, 0.29) is 16.9 Å². The zero-order valence-corrected chi connectivity index (χ0v) is 16.7. The first-order valence-corrected chi connectivity index (χ1v) is 10.5. The van der Waals surface area contributed by atoms with Crippen molar-refractivity contribution in [3.8, 4) is 0 Å². The van der Waals surface area contributed by atoms with E-state index in [4.69, 9.17) is 9.47 Å². The van der Waals surface area contributed by atoms with Crippen molar-refractivity contribution in [3.63, 3.8) is 0 Å². The molecule has 1 saturated heterocycles. The van der Waals surface area contributed by atoms with Gasteiger partial charge in [-0.2, -0.15) is 0 Å². The molecule has 1 heterocycles. The van der Waals surface area contributed by atoms with Crippen LogP contribution in [-0.4, -0.2) is 46.8 Å². The van der Waals surface area contributed by atoms with E-state index in [0.717, 1.165) is 5.56 Å². The highest BCUT2D eigenvalue weighted by Crippen LogP contribution is 2.21. The Bertz CT molecular complexity index is 936. The number of anilines is 1. The monoisotopic (exact) mass is 404 g/mol. The minimum absolute atomic E-state index is 0.152. The van der Waals surface area contributed by atoms with E-state index in [1.807, 2.05) is 13.0 Å². The lowest BCUT2D eigenvalue weighted by molar-refractivity contribution is -0.0855. The zero-order chi connectivity index (χ0) is 20.1. The Morgan fingerprint density at radius 2 is 1.86 bits per heavy atom. The van der Waals surface area contributed by atoms with E-state index in [0.29, 0.717) is 43.2 Å². The molecule has 2 aromatic rings. The van der Waals surface area contributed by atoms with Gasteiger partial charge in [0.05, 0.1) is 30.8 Å². The fourth-order valence-electron chi connectivity index (χ4n) is 2.86. The van der Waals surface area contributed by atoms with Gasteiger partial charge in [-0.25, -0.2) is 8.42 Å². The van der Waals surface area contributed by atoms with Crippen LogP contribution in [-0.2, 0) is 19.5 Å². The van der Waals surface area contributed by atoms with E-state index >= 15 is 0 Å². The number of ether oxygens (including phenoxy) is 2. The van der Waals surface area contributed by atoms with Crippen LogP contribution in [0.15, 0.2) is 47.4 Å². The van der Waals surface area contributed by atoms with Gasteiger partial charge in [0.2, 0.25) is 0 Å². The van der Waals surface area contributed by atoms with Gasteiger partial charge in [0.25, 0.3) is 15.9 Å². The lowest BCUT2D eigenvalue weighted by Crippen LogP contribution is -2.39. The number of amides is 1. The van der Waals surface area contributed by atoms with Gasteiger partial charge in [-0.15, -0.1) is 0 Å². The van der Waals surface area contributed by atoms with Crippen molar-refractivity contribution in [1.29, 1.82) is 0 Å². The highest BCUT2D eigenvalue weighted by molar-refractivity contribution is 7.92. The fraction of sp³-hybridized carbons (Fsp3) is 0.350. The first-order valence-electron chi connectivity index (χ1n) is 9.03. The molecule has 2 N–H and O–H groups in total. The zero-order valence-electron chi connectivity index (χ0n) is 15.9. The number of nitrogens with one attached hydrogen (secondary N) is 2. The molecule has 2 aromatic carbocycles. The van der Waals surface area contributed by atoms with Gasteiger partial charge in [0, 0.05) is 17.8 Å². The summed E-state index contributed by atoms with van der Waals surface area (Å²) in [6.07, 6.45) is -0.152. The molecule has 3 rings (SSSR count). The molecule has 1 aliphatic rings. The molecule has 28 heavy (non-hydrogen) atoms. The van der Waals surface area contributed by atoms with Crippen LogP contribution in [0.1, 0.15) is 21.5 Å². The first-order chi connectivity index (χ1) is 13.3. The minimum atomic E-state index is -3.71. The Kier molecular flexibility index (Phi) is 6.33. The molecule has 0 spiro atoms. The number of hydrogen-bond acceptors (Lipinski definition) is 5. The average molecular weight is 404 g/mol. The number of aryl methyl sites for hydroxylation is 2. The van der Waals surface area contributed by atoms with Gasteiger partial charge in [-0.05, 0) is 55.3 Å². The number of rotatable bonds is 6. The molecule has 0 bridgehead atoms. The van der Waals surface area contributed by atoms with E-state index in [9.17, 15) is 13.2 Å². The minimum Gasteiger partial charge on any atom is -0.376 e. The third-order valence-corrected chi connectivity index (χ3v) is 5.93. The average Bonchev–Trinajstić information content (AvgIpc) is 2.69. The highest BCUT2D eigenvalue weighted by atomic mass is 32.2. The number of carbonyl (C=O) groups is 1. The van der Waals surface area contributed by atoms with Crippen molar-refractivity contribution in [2.75, 3.05) is 31.1 Å². The molecule has 150 valence electrons. The Hall–Kier alpha value is -2.42. The van der Waals surface area contributed by atoms with Crippen LogP contribution in [0, 0.1) is 13.8 Å². The summed E-state index contributed by atoms with van der Waals surface area (Å²) in [5, 5.41) is 2.79. The fourth-order valence-corrected chi connectivity index (χ4v) is 4.25. The SMILES string of the molecule is Cc1ccc(C)c(S(=O)(=O)Nc2ccc(C(=O)NC[C@@H]3COCCO3)cc2)c1. The second-order valence-corrected chi connectivity index (χ2v) is 8.38. The molecule has 1 amide bonds. The largest absolute Gasteiger partial charge is 0.376 e. The predicted octanol–water partition coefficient (Wildman–Crippen LogP) is 2.25. The van der Waals surface area contributed by atoms with Crippen LogP contribution in [0.25, 0.3) is 0 Å². The number of carbonyl (C=O) groups excluding carboxylic acids is 1. The first kappa shape index (κ1) is 20.3. The van der Waals surface area contributed by atoms with E-state index < -0.39 is 10.0 Å². The molecule has 1 aliphatic heterocycles. The molecule has 1 atom stereocenters. The maximum atomic E-state index is 12.7. The summed E-state index contributed by atoms with van der Waals surface area (Å²) in [6.45, 7) is 5.51. The Morgan fingerprint density at radius 1 is 1.11 bits per heavy atom. The summed E-state index contributed by atoms with van der Waals surface area (Å²) in [4.78, 5) is 12.5. The lowest BCUT2D eigenvalue weighted by atomic mass is 10.2. The number of sulfonamides is 1. The van der Waals surface area contributed by atoms with Gasteiger partial charge in [0.1, 0.15) is 0 Å². The predicted molar refractivity (Wildman–Crippen MR) is 106 cm³/mol. The van der Waals surface area contributed by atoms with Gasteiger partial charge in [-0.1, -0.05) is 12.1 Å². The number of hydrogen-bond donors (Lipinski definition) is 2. The molecule has 0 saturated carbocycles. The molecule has 0 aliphatic carbocycles.